The molecule has 0 fully saturated rings. The first-order chi connectivity index (χ1) is 15.0. The predicted molar refractivity (Wildman–Crippen MR) is 119 cm³/mol. The van der Waals surface area contributed by atoms with Gasteiger partial charge in [-0.2, -0.15) is 0 Å². The molecule has 0 radical (unpaired) electrons. The number of hydrazine groups is 1. The average Bonchev–Trinajstić information content (AvgIpc) is 3.16. The SMILES string of the molecule is CCCCCCOc1ccc(C(=O)NNC(=O)CSCC(=O)Nc2cc(C)on2)cc1. The highest BCUT2D eigenvalue weighted by atomic mass is 32.2. The third-order valence-corrected chi connectivity index (χ3v) is 4.99. The molecule has 3 amide bonds. The zero-order chi connectivity index (χ0) is 22.5. The highest BCUT2D eigenvalue weighted by molar-refractivity contribution is 8.00. The van der Waals surface area contributed by atoms with Gasteiger partial charge in [0.25, 0.3) is 5.91 Å². The van der Waals surface area contributed by atoms with Crippen LogP contribution < -0.4 is 20.9 Å². The molecular formula is C21H28N4O5S. The van der Waals surface area contributed by atoms with Crippen molar-refractivity contribution in [1.29, 1.82) is 0 Å². The Hall–Kier alpha value is -3.01. The number of nitrogens with zero attached hydrogens (tertiary/aromatic N) is 1. The van der Waals surface area contributed by atoms with Crippen molar-refractivity contribution in [2.45, 2.75) is 39.5 Å². The second kappa shape index (κ2) is 13.3. The summed E-state index contributed by atoms with van der Waals surface area (Å²) in [6, 6.07) is 8.31. The van der Waals surface area contributed by atoms with Crippen LogP contribution in [0.4, 0.5) is 5.82 Å². The number of anilines is 1. The van der Waals surface area contributed by atoms with Crippen molar-refractivity contribution >= 4 is 35.3 Å². The Bertz CT molecular complexity index is 854. The number of rotatable bonds is 12. The van der Waals surface area contributed by atoms with Crippen molar-refractivity contribution in [2.75, 3.05) is 23.4 Å². The number of ether oxygens (including phenoxy) is 1. The van der Waals surface area contributed by atoms with E-state index in [1.807, 2.05) is 0 Å². The third-order valence-electron chi connectivity index (χ3n) is 4.06. The lowest BCUT2D eigenvalue weighted by Gasteiger charge is -2.09. The molecule has 0 aliphatic rings. The van der Waals surface area contributed by atoms with Crippen molar-refractivity contribution in [2.24, 2.45) is 0 Å². The Labute approximate surface area is 185 Å². The fourth-order valence-electron chi connectivity index (χ4n) is 2.50. The summed E-state index contributed by atoms with van der Waals surface area (Å²) in [4.78, 5) is 35.7. The minimum Gasteiger partial charge on any atom is -0.494 e. The van der Waals surface area contributed by atoms with Gasteiger partial charge in [0, 0.05) is 11.6 Å². The summed E-state index contributed by atoms with van der Waals surface area (Å²) in [5, 5.41) is 6.21. The largest absolute Gasteiger partial charge is 0.494 e. The van der Waals surface area contributed by atoms with Crippen molar-refractivity contribution in [1.82, 2.24) is 16.0 Å². The van der Waals surface area contributed by atoms with E-state index in [9.17, 15) is 14.4 Å². The molecule has 3 N–H and O–H groups in total. The Morgan fingerprint density at radius 3 is 2.45 bits per heavy atom. The Morgan fingerprint density at radius 1 is 1.03 bits per heavy atom. The number of hydrogen-bond donors (Lipinski definition) is 3. The predicted octanol–water partition coefficient (Wildman–Crippen LogP) is 3.08. The quantitative estimate of drug-likeness (QED) is 0.337. The monoisotopic (exact) mass is 448 g/mol. The Morgan fingerprint density at radius 2 is 1.77 bits per heavy atom. The number of carbonyl (C=O) groups is 3. The van der Waals surface area contributed by atoms with E-state index < -0.39 is 11.8 Å². The summed E-state index contributed by atoms with van der Waals surface area (Å²) in [6.45, 7) is 4.52. The van der Waals surface area contributed by atoms with Gasteiger partial charge in [0.2, 0.25) is 11.8 Å². The fraction of sp³-hybridized carbons (Fsp3) is 0.429. The van der Waals surface area contributed by atoms with Crippen LogP contribution >= 0.6 is 11.8 Å². The number of thioether (sulfide) groups is 1. The summed E-state index contributed by atoms with van der Waals surface area (Å²) in [5.41, 5.74) is 5.07. The van der Waals surface area contributed by atoms with E-state index in [4.69, 9.17) is 9.26 Å². The third kappa shape index (κ3) is 9.56. The minimum atomic E-state index is -0.438. The van der Waals surface area contributed by atoms with Gasteiger partial charge in [-0.15, -0.1) is 11.8 Å². The summed E-state index contributed by atoms with van der Waals surface area (Å²) in [6.07, 6.45) is 4.52. The van der Waals surface area contributed by atoms with Crippen molar-refractivity contribution in [3.63, 3.8) is 0 Å². The van der Waals surface area contributed by atoms with Crippen LogP contribution in [0.1, 0.15) is 48.7 Å². The van der Waals surface area contributed by atoms with Crippen LogP contribution in [0, 0.1) is 6.92 Å². The van der Waals surface area contributed by atoms with Crippen LogP contribution in [0.5, 0.6) is 5.75 Å². The zero-order valence-electron chi connectivity index (χ0n) is 17.7. The number of unbranched alkanes of at least 4 members (excludes halogenated alkanes) is 3. The second-order valence-electron chi connectivity index (χ2n) is 6.80. The Kier molecular flexibility index (Phi) is 10.4. The van der Waals surface area contributed by atoms with E-state index in [1.165, 1.54) is 12.8 Å². The van der Waals surface area contributed by atoms with Gasteiger partial charge in [0.1, 0.15) is 11.5 Å². The maximum Gasteiger partial charge on any atom is 0.269 e. The number of aromatic nitrogens is 1. The van der Waals surface area contributed by atoms with E-state index in [-0.39, 0.29) is 17.4 Å². The maximum absolute atomic E-state index is 12.1. The van der Waals surface area contributed by atoms with Crippen molar-refractivity contribution < 1.29 is 23.6 Å². The molecule has 0 bridgehead atoms. The molecule has 0 spiro atoms. The highest BCUT2D eigenvalue weighted by Crippen LogP contribution is 2.13. The lowest BCUT2D eigenvalue weighted by atomic mass is 10.2. The molecule has 1 heterocycles. The van der Waals surface area contributed by atoms with Crippen LogP contribution in [0.2, 0.25) is 0 Å². The number of aryl methyl sites for hydroxylation is 1. The first kappa shape index (κ1) is 24.3. The van der Waals surface area contributed by atoms with Gasteiger partial charge in [-0.05, 0) is 37.6 Å². The fourth-order valence-corrected chi connectivity index (χ4v) is 3.11. The average molecular weight is 449 g/mol. The molecule has 0 aliphatic carbocycles. The Balaban J connectivity index is 1.61. The molecule has 2 aromatic rings. The second-order valence-corrected chi connectivity index (χ2v) is 7.79. The van der Waals surface area contributed by atoms with Gasteiger partial charge in [-0.3, -0.25) is 25.2 Å². The molecule has 1 aromatic heterocycles. The lowest BCUT2D eigenvalue weighted by molar-refractivity contribution is -0.119. The summed E-state index contributed by atoms with van der Waals surface area (Å²) in [7, 11) is 0. The van der Waals surface area contributed by atoms with Crippen LogP contribution in [0.15, 0.2) is 34.9 Å². The summed E-state index contributed by atoms with van der Waals surface area (Å²) < 4.78 is 10.5. The highest BCUT2D eigenvalue weighted by Gasteiger charge is 2.10. The molecule has 1 aromatic carbocycles. The number of benzene rings is 1. The molecule has 31 heavy (non-hydrogen) atoms. The van der Waals surface area contributed by atoms with E-state index in [0.29, 0.717) is 29.5 Å². The zero-order valence-corrected chi connectivity index (χ0v) is 18.5. The first-order valence-electron chi connectivity index (χ1n) is 10.1. The topological polar surface area (TPSA) is 123 Å². The molecular weight excluding hydrogens is 420 g/mol. The molecule has 2 rings (SSSR count). The van der Waals surface area contributed by atoms with Gasteiger partial charge in [-0.25, -0.2) is 0 Å². The van der Waals surface area contributed by atoms with E-state index >= 15 is 0 Å². The van der Waals surface area contributed by atoms with Gasteiger partial charge < -0.3 is 14.6 Å². The van der Waals surface area contributed by atoms with Crippen LogP contribution in [0.3, 0.4) is 0 Å². The molecule has 0 saturated heterocycles. The number of amides is 3. The molecule has 0 saturated carbocycles. The minimum absolute atomic E-state index is 0.0103. The summed E-state index contributed by atoms with van der Waals surface area (Å²) in [5.74, 6) is 0.525. The van der Waals surface area contributed by atoms with Crippen LogP contribution in [-0.2, 0) is 9.59 Å². The van der Waals surface area contributed by atoms with Crippen LogP contribution in [0.25, 0.3) is 0 Å². The molecule has 10 heteroatoms. The number of hydrogen-bond acceptors (Lipinski definition) is 7. The molecule has 0 unspecified atom stereocenters. The molecule has 168 valence electrons. The van der Waals surface area contributed by atoms with E-state index in [2.05, 4.69) is 28.2 Å². The summed E-state index contributed by atoms with van der Waals surface area (Å²) >= 11 is 1.11. The number of nitrogens with one attached hydrogen (secondary N) is 3. The molecule has 9 nitrogen and oxygen atoms in total. The first-order valence-corrected chi connectivity index (χ1v) is 11.3. The smallest absolute Gasteiger partial charge is 0.269 e. The van der Waals surface area contributed by atoms with Gasteiger partial charge >= 0.3 is 0 Å². The lowest BCUT2D eigenvalue weighted by Crippen LogP contribution is -2.42. The normalized spacial score (nSPS) is 10.4. The van der Waals surface area contributed by atoms with E-state index in [0.717, 1.165) is 24.6 Å². The van der Waals surface area contributed by atoms with Gasteiger partial charge in [0.05, 0.1) is 18.1 Å². The van der Waals surface area contributed by atoms with Crippen molar-refractivity contribution in [3.8, 4) is 5.75 Å². The van der Waals surface area contributed by atoms with Gasteiger partial charge in [0.15, 0.2) is 5.82 Å². The van der Waals surface area contributed by atoms with Crippen LogP contribution in [-0.4, -0.2) is 41.0 Å². The van der Waals surface area contributed by atoms with E-state index in [1.54, 1.807) is 37.3 Å². The molecule has 0 atom stereocenters. The van der Waals surface area contributed by atoms with Crippen molar-refractivity contribution in [3.05, 3.63) is 41.7 Å². The maximum atomic E-state index is 12.1. The standard InChI is InChI=1S/C21H28N4O5S/c1-3-4-5-6-11-29-17-9-7-16(8-10-17)21(28)24-23-20(27)14-31-13-19(26)22-18-12-15(2)30-25-18/h7-10,12H,3-6,11,13-14H2,1-2H3,(H,23,27)(H,24,28)(H,22,25,26). The van der Waals surface area contributed by atoms with Gasteiger partial charge in [-0.1, -0.05) is 31.3 Å². The molecule has 0 aliphatic heterocycles. The number of carbonyl (C=O) groups excluding carboxylic acids is 3.